The van der Waals surface area contributed by atoms with Crippen LogP contribution in [0, 0.1) is 6.92 Å². The molecule has 4 rings (SSSR count). The quantitative estimate of drug-likeness (QED) is 0.375. The van der Waals surface area contributed by atoms with Gasteiger partial charge >= 0.3 is 6.18 Å². The number of hydrogen-bond acceptors (Lipinski definition) is 6. The van der Waals surface area contributed by atoms with Crippen LogP contribution < -0.4 is 19.2 Å². The van der Waals surface area contributed by atoms with Gasteiger partial charge in [-0.25, -0.2) is 13.8 Å². The Labute approximate surface area is 205 Å². The molecule has 1 amide bonds. The van der Waals surface area contributed by atoms with E-state index in [0.29, 0.717) is 27.4 Å². The molecule has 0 fully saturated rings. The van der Waals surface area contributed by atoms with E-state index in [1.165, 1.54) is 24.4 Å². The van der Waals surface area contributed by atoms with Crippen LogP contribution in [0.4, 0.5) is 18.9 Å². The van der Waals surface area contributed by atoms with Crippen LogP contribution >= 0.6 is 0 Å². The minimum Gasteiger partial charge on any atom is -0.454 e. The van der Waals surface area contributed by atoms with Gasteiger partial charge in [-0.1, -0.05) is 23.8 Å². The fourth-order valence-corrected chi connectivity index (χ4v) is 4.74. The van der Waals surface area contributed by atoms with Crippen molar-refractivity contribution in [1.29, 1.82) is 0 Å². The summed E-state index contributed by atoms with van der Waals surface area (Å²) in [6, 6.07) is 14.5. The minimum atomic E-state index is -4.70. The summed E-state index contributed by atoms with van der Waals surface area (Å²) in [5.41, 5.74) is 2.20. The van der Waals surface area contributed by atoms with Crippen molar-refractivity contribution in [1.82, 2.24) is 5.43 Å². The van der Waals surface area contributed by atoms with Crippen LogP contribution in [-0.4, -0.2) is 33.9 Å². The molecule has 0 saturated heterocycles. The molecule has 1 N–H and O–H groups in total. The second-order valence-electron chi connectivity index (χ2n) is 7.78. The maximum atomic E-state index is 13.3. The summed E-state index contributed by atoms with van der Waals surface area (Å²) < 4.78 is 77.6. The maximum absolute atomic E-state index is 13.3. The van der Waals surface area contributed by atoms with Crippen LogP contribution in [-0.2, 0) is 21.0 Å². The number of halogens is 3. The number of aryl methyl sites for hydroxylation is 1. The average Bonchev–Trinajstić information content (AvgIpc) is 3.30. The highest BCUT2D eigenvalue weighted by molar-refractivity contribution is 7.92. The lowest BCUT2D eigenvalue weighted by molar-refractivity contribution is -0.137. The third-order valence-corrected chi connectivity index (χ3v) is 6.95. The monoisotopic (exact) mass is 519 g/mol. The molecule has 8 nitrogen and oxygen atoms in total. The number of rotatable bonds is 7. The molecule has 0 bridgehead atoms. The molecule has 0 unspecified atom stereocenters. The number of benzene rings is 3. The zero-order chi connectivity index (χ0) is 25.9. The van der Waals surface area contributed by atoms with Gasteiger partial charge in [-0.2, -0.15) is 18.3 Å². The molecule has 0 atom stereocenters. The van der Waals surface area contributed by atoms with Gasteiger partial charge in [-0.15, -0.1) is 0 Å². The van der Waals surface area contributed by atoms with Crippen LogP contribution in [0.3, 0.4) is 0 Å². The van der Waals surface area contributed by atoms with Gasteiger partial charge in [0.1, 0.15) is 6.54 Å². The van der Waals surface area contributed by atoms with Crippen molar-refractivity contribution < 1.29 is 35.9 Å². The number of nitrogens with zero attached hydrogens (tertiary/aromatic N) is 2. The van der Waals surface area contributed by atoms with Gasteiger partial charge in [0.2, 0.25) is 6.79 Å². The maximum Gasteiger partial charge on any atom is 0.416 e. The van der Waals surface area contributed by atoms with Crippen molar-refractivity contribution in [2.24, 2.45) is 5.10 Å². The highest BCUT2D eigenvalue weighted by Crippen LogP contribution is 2.34. The van der Waals surface area contributed by atoms with Crippen LogP contribution in [0.2, 0.25) is 0 Å². The van der Waals surface area contributed by atoms with Crippen LogP contribution in [0.5, 0.6) is 11.5 Å². The van der Waals surface area contributed by atoms with Gasteiger partial charge in [0.15, 0.2) is 11.5 Å². The van der Waals surface area contributed by atoms with Gasteiger partial charge in [-0.05, 0) is 61.0 Å². The van der Waals surface area contributed by atoms with E-state index in [1.807, 2.05) is 0 Å². The predicted octanol–water partition coefficient (Wildman–Crippen LogP) is 4.09. The molecule has 188 valence electrons. The fourth-order valence-electron chi connectivity index (χ4n) is 3.33. The van der Waals surface area contributed by atoms with E-state index in [9.17, 15) is 26.4 Å². The van der Waals surface area contributed by atoms with Gasteiger partial charge in [-0.3, -0.25) is 9.10 Å². The Morgan fingerprint density at radius 3 is 2.50 bits per heavy atom. The number of anilines is 1. The van der Waals surface area contributed by atoms with Gasteiger partial charge in [0.25, 0.3) is 15.9 Å². The van der Waals surface area contributed by atoms with Crippen molar-refractivity contribution in [3.63, 3.8) is 0 Å². The Morgan fingerprint density at radius 2 is 1.78 bits per heavy atom. The number of alkyl halides is 3. The highest BCUT2D eigenvalue weighted by atomic mass is 32.2. The predicted molar refractivity (Wildman–Crippen MR) is 125 cm³/mol. The molecular formula is C24H20F3N3O5S. The summed E-state index contributed by atoms with van der Waals surface area (Å²) in [5, 5.41) is 3.81. The first-order valence-corrected chi connectivity index (χ1v) is 12.0. The van der Waals surface area contributed by atoms with Crippen LogP contribution in [0.1, 0.15) is 16.7 Å². The van der Waals surface area contributed by atoms with E-state index >= 15 is 0 Å². The van der Waals surface area contributed by atoms with Crippen molar-refractivity contribution in [2.75, 3.05) is 17.6 Å². The van der Waals surface area contributed by atoms with E-state index in [0.717, 1.165) is 17.7 Å². The Hall–Kier alpha value is -4.06. The topological polar surface area (TPSA) is 97.3 Å². The lowest BCUT2D eigenvalue weighted by Gasteiger charge is -2.24. The number of carbonyl (C=O) groups excluding carboxylic acids is 1. The number of sulfonamides is 1. The highest BCUT2D eigenvalue weighted by Gasteiger charge is 2.33. The molecule has 3 aromatic rings. The summed E-state index contributed by atoms with van der Waals surface area (Å²) in [4.78, 5) is 12.4. The first kappa shape index (κ1) is 25.0. The van der Waals surface area contributed by atoms with Crippen molar-refractivity contribution >= 4 is 27.8 Å². The third-order valence-electron chi connectivity index (χ3n) is 5.16. The molecule has 1 aliphatic rings. The SMILES string of the molecule is Cc1ccc(S(=O)(=O)N(CC(=O)N/N=C\c2ccc3c(c2)OCO3)c2cccc(C(F)(F)F)c2)cc1. The standard InChI is InChI=1S/C24H20F3N3O5S/c1-16-5-8-20(9-6-16)36(32,33)30(19-4-2-3-18(12-19)24(25,26)27)14-23(31)29-28-13-17-7-10-21-22(11-17)35-15-34-21/h2-13H,14-15H2,1H3,(H,29,31)/b28-13-. The van der Waals surface area contributed by atoms with Gasteiger partial charge < -0.3 is 9.47 Å². The molecule has 12 heteroatoms. The Balaban J connectivity index is 1.59. The van der Waals surface area contributed by atoms with E-state index in [2.05, 4.69) is 10.5 Å². The average molecular weight is 520 g/mol. The van der Waals surface area contributed by atoms with Crippen molar-refractivity contribution in [2.45, 2.75) is 18.0 Å². The molecular weight excluding hydrogens is 499 g/mol. The molecule has 1 heterocycles. The molecule has 0 radical (unpaired) electrons. The lowest BCUT2D eigenvalue weighted by Crippen LogP contribution is -2.39. The molecule has 0 saturated carbocycles. The van der Waals surface area contributed by atoms with E-state index in [-0.39, 0.29) is 17.4 Å². The number of hydrazone groups is 1. The van der Waals surface area contributed by atoms with Crippen LogP contribution in [0.15, 0.2) is 76.7 Å². The summed E-state index contributed by atoms with van der Waals surface area (Å²) in [7, 11) is -4.39. The molecule has 36 heavy (non-hydrogen) atoms. The van der Waals surface area contributed by atoms with Crippen LogP contribution in [0.25, 0.3) is 0 Å². The number of nitrogens with one attached hydrogen (secondary N) is 1. The van der Waals surface area contributed by atoms with Gasteiger partial charge in [0, 0.05) is 0 Å². The molecule has 3 aromatic carbocycles. The normalized spacial score (nSPS) is 13.1. The van der Waals surface area contributed by atoms with E-state index in [4.69, 9.17) is 9.47 Å². The zero-order valence-corrected chi connectivity index (χ0v) is 19.6. The van der Waals surface area contributed by atoms with Crippen molar-refractivity contribution in [3.8, 4) is 11.5 Å². The smallest absolute Gasteiger partial charge is 0.416 e. The fraction of sp³-hybridized carbons (Fsp3) is 0.167. The third kappa shape index (κ3) is 5.60. The van der Waals surface area contributed by atoms with E-state index in [1.54, 1.807) is 37.3 Å². The number of ether oxygens (including phenoxy) is 2. The largest absolute Gasteiger partial charge is 0.454 e. The van der Waals surface area contributed by atoms with Gasteiger partial charge in [0.05, 0.1) is 22.4 Å². The lowest BCUT2D eigenvalue weighted by atomic mass is 10.2. The first-order chi connectivity index (χ1) is 17.0. The Bertz CT molecular complexity index is 1410. The zero-order valence-electron chi connectivity index (χ0n) is 18.8. The molecule has 1 aliphatic heterocycles. The minimum absolute atomic E-state index is 0.0908. The summed E-state index contributed by atoms with van der Waals surface area (Å²) in [6.45, 7) is 1.04. The number of hydrogen-bond donors (Lipinski definition) is 1. The second kappa shape index (κ2) is 9.90. The first-order valence-electron chi connectivity index (χ1n) is 10.5. The van der Waals surface area contributed by atoms with Crippen molar-refractivity contribution in [3.05, 3.63) is 83.4 Å². The number of amides is 1. The second-order valence-corrected chi connectivity index (χ2v) is 9.64. The molecule has 0 aliphatic carbocycles. The number of carbonyl (C=O) groups is 1. The summed E-state index contributed by atoms with van der Waals surface area (Å²) in [6.07, 6.45) is -3.39. The number of fused-ring (bicyclic) bond motifs is 1. The molecule has 0 spiro atoms. The molecule has 0 aromatic heterocycles. The summed E-state index contributed by atoms with van der Waals surface area (Å²) in [5.74, 6) is 0.208. The Kier molecular flexibility index (Phi) is 6.88. The summed E-state index contributed by atoms with van der Waals surface area (Å²) >= 11 is 0. The van der Waals surface area contributed by atoms with E-state index < -0.39 is 34.2 Å². The Morgan fingerprint density at radius 1 is 1.06 bits per heavy atom.